The molecule has 0 fully saturated rings. The van der Waals surface area contributed by atoms with E-state index in [1.54, 1.807) is 0 Å². The Balaban J connectivity index is 0. The molecule has 0 aromatic heterocycles. The van der Waals surface area contributed by atoms with Crippen molar-refractivity contribution < 1.29 is 21.7 Å². The minimum atomic E-state index is 0. The molecule has 0 aliphatic rings. The molecule has 0 unspecified atom stereocenters. The van der Waals surface area contributed by atoms with E-state index in [1.807, 2.05) is 0 Å². The summed E-state index contributed by atoms with van der Waals surface area (Å²) in [7, 11) is 0. The maximum Gasteiger partial charge on any atom is 0.211 e. The van der Waals surface area contributed by atoms with Crippen molar-refractivity contribution in [3.8, 4) is 0 Å². The van der Waals surface area contributed by atoms with E-state index < -0.39 is 0 Å². The predicted molar refractivity (Wildman–Crippen MR) is 19.0 cm³/mol. The first kappa shape index (κ1) is 8.98. The first-order chi connectivity index (χ1) is 1.41. The maximum atomic E-state index is 2.19. The Bertz CT molecular complexity index is 6.00. The van der Waals surface area contributed by atoms with Crippen molar-refractivity contribution >= 4 is 16.3 Å². The van der Waals surface area contributed by atoms with Crippen LogP contribution in [0.2, 0.25) is 5.28 Å². The summed E-state index contributed by atoms with van der Waals surface area (Å²) in [5.74, 6) is 0. The molecule has 0 N–H and O–H groups in total. The molecule has 0 aromatic carbocycles. The van der Waals surface area contributed by atoms with Gasteiger partial charge in [0, 0.05) is 21.7 Å². The molecular weight excluding hydrogens is 98.9 g/mol. The zero-order valence-corrected chi connectivity index (χ0v) is 6.77. The third-order valence-corrected chi connectivity index (χ3v) is 0. The van der Waals surface area contributed by atoms with Crippen LogP contribution in [0.4, 0.5) is 0 Å². The van der Waals surface area contributed by atoms with Crippen LogP contribution < -0.4 is 0 Å². The summed E-state index contributed by atoms with van der Waals surface area (Å²) in [6.45, 7) is 2.19. The maximum absolute atomic E-state index is 2.19. The average molecular weight is 106 g/mol. The molecule has 0 amide bonds. The summed E-state index contributed by atoms with van der Waals surface area (Å²) >= 11 is 1.37. The molecular formula is C2H7AlTi. The molecule has 0 saturated carbocycles. The molecule has 22 valence electrons. The van der Waals surface area contributed by atoms with Gasteiger partial charge in [-0.2, -0.15) is 0 Å². The second kappa shape index (κ2) is 8.87. The molecule has 0 bridgehead atoms. The van der Waals surface area contributed by atoms with E-state index in [0.717, 1.165) is 0 Å². The van der Waals surface area contributed by atoms with E-state index in [9.17, 15) is 0 Å². The van der Waals surface area contributed by atoms with Crippen LogP contribution >= 0.6 is 0 Å². The Morgan fingerprint density at radius 1 is 1.75 bits per heavy atom. The minimum absolute atomic E-state index is 0. The first-order valence-electron chi connectivity index (χ1n) is 1.41. The average Bonchev–Trinajstić information content (AvgIpc) is 0.918. The first-order valence-corrected chi connectivity index (χ1v) is 2.83. The van der Waals surface area contributed by atoms with Crippen molar-refractivity contribution in [2.45, 2.75) is 12.2 Å². The fourth-order valence-corrected chi connectivity index (χ4v) is 0. The van der Waals surface area contributed by atoms with E-state index >= 15 is 0 Å². The molecule has 0 nitrogen and oxygen atoms in total. The molecule has 0 saturated heterocycles. The molecule has 4 heavy (non-hydrogen) atoms. The van der Waals surface area contributed by atoms with Crippen LogP contribution in [-0.2, 0) is 21.7 Å². The molecule has 0 atom stereocenters. The molecule has 0 aliphatic carbocycles. The standard InChI is InChI=1S/C2H5.Al.Ti.2H/c1-2;;;;/h1H2,2H3;;;;. The van der Waals surface area contributed by atoms with Crippen molar-refractivity contribution in [1.29, 1.82) is 0 Å². The fraction of sp³-hybridized carbons (Fsp3) is 1.00. The quantitative estimate of drug-likeness (QED) is 0.383. The van der Waals surface area contributed by atoms with Crippen LogP contribution in [0.15, 0.2) is 0 Å². The Kier molecular flexibility index (Phi) is 19.9. The molecule has 2 heteroatoms. The van der Waals surface area contributed by atoms with Gasteiger partial charge in [-0.1, -0.05) is 6.92 Å². The molecule has 0 aliphatic heterocycles. The second-order valence-corrected chi connectivity index (χ2v) is 2.12. The zero-order valence-electron chi connectivity index (χ0n) is 3.21. The van der Waals surface area contributed by atoms with Gasteiger partial charge in [-0.15, -0.1) is 5.28 Å². The summed E-state index contributed by atoms with van der Waals surface area (Å²) in [5.41, 5.74) is 0. The smallest absolute Gasteiger partial charge is 0.104 e. The fourth-order valence-electron chi connectivity index (χ4n) is 0. The number of hydrogen-bond acceptors (Lipinski definition) is 0. The summed E-state index contributed by atoms with van der Waals surface area (Å²) in [6, 6.07) is 0. The van der Waals surface area contributed by atoms with Crippen molar-refractivity contribution in [2.24, 2.45) is 0 Å². The minimum Gasteiger partial charge on any atom is -0.104 e. The van der Waals surface area contributed by atoms with E-state index in [4.69, 9.17) is 0 Å². The van der Waals surface area contributed by atoms with E-state index in [2.05, 4.69) is 6.92 Å². The Hall–Kier alpha value is 1.25. The largest absolute Gasteiger partial charge is 0.211 e. The second-order valence-electron chi connectivity index (χ2n) is 0.707. The summed E-state index contributed by atoms with van der Waals surface area (Å²) in [6.07, 6.45) is 0. The van der Waals surface area contributed by atoms with Gasteiger partial charge in [0.1, 0.15) is 0 Å². The molecule has 0 spiro atoms. The summed E-state index contributed by atoms with van der Waals surface area (Å²) in [4.78, 5) is 0. The van der Waals surface area contributed by atoms with Crippen molar-refractivity contribution in [1.82, 2.24) is 0 Å². The number of rotatable bonds is 0. The molecule has 0 rings (SSSR count). The van der Waals surface area contributed by atoms with Gasteiger partial charge in [-0.25, -0.2) is 0 Å². The van der Waals surface area contributed by atoms with Gasteiger partial charge in [0.2, 0.25) is 16.3 Å². The van der Waals surface area contributed by atoms with Gasteiger partial charge in [0.15, 0.2) is 0 Å². The van der Waals surface area contributed by atoms with Gasteiger partial charge < -0.3 is 0 Å². The monoisotopic (exact) mass is 106 g/mol. The van der Waals surface area contributed by atoms with Crippen LogP contribution in [-0.4, -0.2) is 16.3 Å². The SMILES string of the molecule is C[CH2][AlH2].[Ti]. The van der Waals surface area contributed by atoms with Crippen LogP contribution in [0.5, 0.6) is 0 Å². The Morgan fingerprint density at radius 3 is 1.75 bits per heavy atom. The number of hydrogen-bond donors (Lipinski definition) is 0. The third-order valence-electron chi connectivity index (χ3n) is 0. The van der Waals surface area contributed by atoms with Gasteiger partial charge in [-0.3, -0.25) is 0 Å². The summed E-state index contributed by atoms with van der Waals surface area (Å²) in [5, 5.41) is 1.39. The topological polar surface area (TPSA) is 0 Å². The van der Waals surface area contributed by atoms with E-state index in [0.29, 0.717) is 0 Å². The van der Waals surface area contributed by atoms with Gasteiger partial charge in [-0.05, 0) is 0 Å². The van der Waals surface area contributed by atoms with Crippen LogP contribution in [0.3, 0.4) is 0 Å². The van der Waals surface area contributed by atoms with Crippen molar-refractivity contribution in [3.05, 3.63) is 0 Å². The van der Waals surface area contributed by atoms with Crippen LogP contribution in [0.25, 0.3) is 0 Å². The van der Waals surface area contributed by atoms with Crippen molar-refractivity contribution in [3.63, 3.8) is 0 Å². The molecule has 0 heterocycles. The van der Waals surface area contributed by atoms with E-state index in [-0.39, 0.29) is 21.7 Å². The zero-order chi connectivity index (χ0) is 2.71. The third kappa shape index (κ3) is 10.5. The predicted octanol–water partition coefficient (Wildman–Crippen LogP) is 0.0552. The normalized spacial score (nSPS) is 4.25. The Morgan fingerprint density at radius 2 is 1.75 bits per heavy atom. The van der Waals surface area contributed by atoms with Gasteiger partial charge in [0.05, 0.1) is 0 Å². The van der Waals surface area contributed by atoms with Crippen LogP contribution in [0.1, 0.15) is 6.92 Å². The van der Waals surface area contributed by atoms with Crippen molar-refractivity contribution in [2.75, 3.05) is 0 Å². The van der Waals surface area contributed by atoms with Gasteiger partial charge in [0.25, 0.3) is 0 Å². The molecule has 0 radical (unpaired) electrons. The van der Waals surface area contributed by atoms with E-state index in [1.165, 1.54) is 21.6 Å². The molecule has 0 aromatic rings. The van der Waals surface area contributed by atoms with Crippen LogP contribution in [0, 0.1) is 0 Å². The van der Waals surface area contributed by atoms with Gasteiger partial charge >= 0.3 is 0 Å². The summed E-state index contributed by atoms with van der Waals surface area (Å²) < 4.78 is 0. The Labute approximate surface area is 50.3 Å².